The summed E-state index contributed by atoms with van der Waals surface area (Å²) >= 11 is 12.7. The van der Waals surface area contributed by atoms with Crippen LogP contribution in [0.25, 0.3) is 11.4 Å². The van der Waals surface area contributed by atoms with Gasteiger partial charge in [-0.1, -0.05) is 68.7 Å². The van der Waals surface area contributed by atoms with Gasteiger partial charge in [-0.05, 0) is 42.9 Å². The lowest BCUT2D eigenvalue weighted by Gasteiger charge is -2.28. The van der Waals surface area contributed by atoms with E-state index in [1.54, 1.807) is 0 Å². The predicted molar refractivity (Wildman–Crippen MR) is 106 cm³/mol. The quantitative estimate of drug-likeness (QED) is 0.466. The molecule has 146 valence electrons. The van der Waals surface area contributed by atoms with E-state index in [9.17, 15) is 8.78 Å². The summed E-state index contributed by atoms with van der Waals surface area (Å²) in [5.41, 5.74) is 1.08. The topological polar surface area (TPSA) is 25.8 Å². The summed E-state index contributed by atoms with van der Waals surface area (Å²) in [6, 6.07) is 3.50. The van der Waals surface area contributed by atoms with Gasteiger partial charge in [-0.2, -0.15) is 0 Å². The molecule has 1 aliphatic rings. The molecule has 0 bridgehead atoms. The van der Waals surface area contributed by atoms with Crippen molar-refractivity contribution in [2.24, 2.45) is 11.8 Å². The van der Waals surface area contributed by atoms with Gasteiger partial charge in [-0.15, -0.1) is 0 Å². The highest BCUT2D eigenvalue weighted by atomic mass is 35.5. The predicted octanol–water partition coefficient (Wildman–Crippen LogP) is 7.27. The van der Waals surface area contributed by atoms with Crippen molar-refractivity contribution in [2.75, 3.05) is 0 Å². The van der Waals surface area contributed by atoms with E-state index in [0.717, 1.165) is 36.5 Å². The highest BCUT2D eigenvalue weighted by Crippen LogP contribution is 2.35. The molecule has 27 heavy (non-hydrogen) atoms. The minimum atomic E-state index is -0.953. The Kier molecular flexibility index (Phi) is 7.04. The highest BCUT2D eigenvalue weighted by Gasteiger charge is 2.22. The Labute approximate surface area is 169 Å². The van der Waals surface area contributed by atoms with Crippen LogP contribution in [0.3, 0.4) is 0 Å². The number of hydrogen-bond donors (Lipinski definition) is 0. The van der Waals surface area contributed by atoms with Crippen molar-refractivity contribution in [3.05, 3.63) is 45.7 Å². The number of aromatic nitrogens is 2. The van der Waals surface area contributed by atoms with Gasteiger partial charge in [0.25, 0.3) is 0 Å². The van der Waals surface area contributed by atoms with Crippen LogP contribution in [0.4, 0.5) is 8.78 Å². The minimum Gasteiger partial charge on any atom is -0.216 e. The maximum Gasteiger partial charge on any atom is 0.162 e. The lowest BCUT2D eigenvalue weighted by molar-refractivity contribution is 0.252. The average Bonchev–Trinajstić information content (AvgIpc) is 2.64. The van der Waals surface area contributed by atoms with Gasteiger partial charge in [-0.25, -0.2) is 18.7 Å². The van der Waals surface area contributed by atoms with Crippen LogP contribution in [-0.2, 0) is 6.42 Å². The Morgan fingerprint density at radius 1 is 0.926 bits per heavy atom. The van der Waals surface area contributed by atoms with E-state index in [1.807, 2.05) is 0 Å². The van der Waals surface area contributed by atoms with Gasteiger partial charge in [0.05, 0.1) is 0 Å². The third-order valence-corrected chi connectivity index (χ3v) is 6.18. The molecule has 1 saturated carbocycles. The molecular formula is C21H24Cl2F2N2. The Bertz CT molecular complexity index is 767. The first-order valence-corrected chi connectivity index (χ1v) is 10.4. The minimum absolute atomic E-state index is 0.202. The monoisotopic (exact) mass is 412 g/mol. The summed E-state index contributed by atoms with van der Waals surface area (Å²) in [6.45, 7) is 2.25. The largest absolute Gasteiger partial charge is 0.216 e. The smallest absolute Gasteiger partial charge is 0.162 e. The van der Waals surface area contributed by atoms with Crippen molar-refractivity contribution >= 4 is 23.2 Å². The van der Waals surface area contributed by atoms with E-state index in [2.05, 4.69) is 16.9 Å². The molecule has 1 aromatic carbocycles. The summed E-state index contributed by atoms with van der Waals surface area (Å²) in [5.74, 6) is -0.0895. The van der Waals surface area contributed by atoms with E-state index in [1.165, 1.54) is 44.6 Å². The molecule has 6 heteroatoms. The second-order valence-corrected chi connectivity index (χ2v) is 8.17. The normalized spacial score (nSPS) is 20.0. The number of hydrogen-bond acceptors (Lipinski definition) is 2. The number of benzene rings is 1. The molecule has 0 atom stereocenters. The number of rotatable bonds is 6. The second-order valence-electron chi connectivity index (χ2n) is 7.45. The van der Waals surface area contributed by atoms with Crippen molar-refractivity contribution in [2.45, 2.75) is 58.3 Å². The molecule has 3 rings (SSSR count). The van der Waals surface area contributed by atoms with Crippen molar-refractivity contribution in [1.29, 1.82) is 0 Å². The van der Waals surface area contributed by atoms with E-state index in [4.69, 9.17) is 23.2 Å². The molecule has 1 aliphatic carbocycles. The molecule has 0 saturated heterocycles. The molecule has 1 heterocycles. The van der Waals surface area contributed by atoms with Gasteiger partial charge in [0, 0.05) is 11.1 Å². The fourth-order valence-corrected chi connectivity index (χ4v) is 4.54. The third-order valence-electron chi connectivity index (χ3n) is 5.55. The van der Waals surface area contributed by atoms with Crippen LogP contribution >= 0.6 is 23.2 Å². The third kappa shape index (κ3) is 5.17. The molecule has 1 aromatic heterocycles. The van der Waals surface area contributed by atoms with Gasteiger partial charge >= 0.3 is 0 Å². The van der Waals surface area contributed by atoms with E-state index < -0.39 is 11.6 Å². The summed E-state index contributed by atoms with van der Waals surface area (Å²) in [6.07, 6.45) is 9.50. The summed E-state index contributed by atoms with van der Waals surface area (Å²) in [7, 11) is 0. The van der Waals surface area contributed by atoms with Crippen LogP contribution < -0.4 is 0 Å². The zero-order chi connectivity index (χ0) is 19.4. The fraction of sp³-hybridized carbons (Fsp3) is 0.524. The highest BCUT2D eigenvalue weighted by molar-refractivity contribution is 6.34. The molecule has 0 spiro atoms. The van der Waals surface area contributed by atoms with Gasteiger partial charge in [0.2, 0.25) is 0 Å². The SMILES string of the molecule is CCC[C@H]1CC[C@H](CCc2c(Cl)nc(-c3ccc(F)c(F)c3)nc2Cl)CC1. The lowest BCUT2D eigenvalue weighted by Crippen LogP contribution is -2.15. The van der Waals surface area contributed by atoms with Crippen LogP contribution in [-0.4, -0.2) is 9.97 Å². The Morgan fingerprint density at radius 2 is 1.52 bits per heavy atom. The first-order chi connectivity index (χ1) is 13.0. The van der Waals surface area contributed by atoms with Crippen LogP contribution in [0, 0.1) is 23.5 Å². The maximum atomic E-state index is 13.5. The molecule has 2 nitrogen and oxygen atoms in total. The first-order valence-electron chi connectivity index (χ1n) is 9.65. The molecule has 0 amide bonds. The van der Waals surface area contributed by atoms with E-state index in [-0.39, 0.29) is 16.1 Å². The fourth-order valence-electron chi connectivity index (χ4n) is 3.97. The van der Waals surface area contributed by atoms with Gasteiger partial charge in [0.15, 0.2) is 17.5 Å². The maximum absolute atomic E-state index is 13.5. The van der Waals surface area contributed by atoms with Crippen molar-refractivity contribution in [3.8, 4) is 11.4 Å². The Hall–Kier alpha value is -1.26. The Balaban J connectivity index is 1.66. The zero-order valence-corrected chi connectivity index (χ0v) is 17.0. The van der Waals surface area contributed by atoms with Crippen LogP contribution in [0.1, 0.15) is 57.4 Å². The molecule has 1 fully saturated rings. The molecule has 0 N–H and O–H groups in total. The van der Waals surface area contributed by atoms with Gasteiger partial charge < -0.3 is 0 Å². The summed E-state index contributed by atoms with van der Waals surface area (Å²) < 4.78 is 26.6. The summed E-state index contributed by atoms with van der Waals surface area (Å²) in [4.78, 5) is 8.51. The molecular weight excluding hydrogens is 389 g/mol. The van der Waals surface area contributed by atoms with Crippen molar-refractivity contribution in [3.63, 3.8) is 0 Å². The van der Waals surface area contributed by atoms with Crippen LogP contribution in [0.15, 0.2) is 18.2 Å². The average molecular weight is 413 g/mol. The Morgan fingerprint density at radius 3 is 2.07 bits per heavy atom. The first kappa shape index (κ1) is 20.5. The van der Waals surface area contributed by atoms with Gasteiger partial charge in [0.1, 0.15) is 10.3 Å². The molecule has 2 aromatic rings. The van der Waals surface area contributed by atoms with Gasteiger partial charge in [-0.3, -0.25) is 0 Å². The van der Waals surface area contributed by atoms with E-state index in [0.29, 0.717) is 11.5 Å². The number of nitrogens with zero attached hydrogens (tertiary/aromatic N) is 2. The molecule has 0 radical (unpaired) electrons. The van der Waals surface area contributed by atoms with Crippen LogP contribution in [0.2, 0.25) is 10.3 Å². The number of halogens is 4. The lowest BCUT2D eigenvalue weighted by atomic mass is 9.78. The van der Waals surface area contributed by atoms with Crippen LogP contribution in [0.5, 0.6) is 0 Å². The van der Waals surface area contributed by atoms with Crippen molar-refractivity contribution in [1.82, 2.24) is 9.97 Å². The van der Waals surface area contributed by atoms with Crippen molar-refractivity contribution < 1.29 is 8.78 Å². The van der Waals surface area contributed by atoms with E-state index >= 15 is 0 Å². The zero-order valence-electron chi connectivity index (χ0n) is 15.4. The molecule has 0 aliphatic heterocycles. The summed E-state index contributed by atoms with van der Waals surface area (Å²) in [5, 5.41) is 0.573. The standard InChI is InChI=1S/C21H24Cl2F2N2/c1-2-3-13-4-6-14(7-5-13)8-10-16-19(22)26-21(27-20(16)23)15-9-11-17(24)18(25)12-15/h9,11-14H,2-8,10H2,1H3/t13-,14-. The second kappa shape index (κ2) is 9.29. The molecule has 0 unspecified atom stereocenters.